The standard InChI is InChI=1S/C28H23ClN2O2/c1-30-24-11-5-3-9-20(24)18-31(26-13-7-6-12-25(26)30)28(32)22-16-15-19(17-23(22)29)21-10-4-8-14-27(21)33-2/h3-17H,18H2,1-2H3. The number of hydrogen-bond acceptors (Lipinski definition) is 3. The van der Waals surface area contributed by atoms with Gasteiger partial charge in [0.1, 0.15) is 5.75 Å². The molecule has 0 aromatic heterocycles. The van der Waals surface area contributed by atoms with Crippen LogP contribution in [0.15, 0.2) is 91.0 Å². The van der Waals surface area contributed by atoms with Crippen LogP contribution in [-0.4, -0.2) is 20.1 Å². The summed E-state index contributed by atoms with van der Waals surface area (Å²) >= 11 is 6.69. The van der Waals surface area contributed by atoms with Gasteiger partial charge in [-0.1, -0.05) is 66.2 Å². The zero-order chi connectivity index (χ0) is 22.9. The Morgan fingerprint density at radius 3 is 2.27 bits per heavy atom. The molecule has 0 spiro atoms. The van der Waals surface area contributed by atoms with Gasteiger partial charge in [-0.05, 0) is 47.5 Å². The van der Waals surface area contributed by atoms with Crippen LogP contribution in [0.2, 0.25) is 5.02 Å². The van der Waals surface area contributed by atoms with Gasteiger partial charge in [0.2, 0.25) is 0 Å². The first-order chi connectivity index (χ1) is 16.1. The summed E-state index contributed by atoms with van der Waals surface area (Å²) in [6, 6.07) is 29.4. The second-order valence-corrected chi connectivity index (χ2v) is 8.37. The van der Waals surface area contributed by atoms with Gasteiger partial charge in [-0.15, -0.1) is 0 Å². The molecule has 4 nitrogen and oxygen atoms in total. The average Bonchev–Trinajstić information content (AvgIpc) is 2.98. The van der Waals surface area contributed by atoms with E-state index in [-0.39, 0.29) is 5.91 Å². The molecular formula is C28H23ClN2O2. The molecule has 0 N–H and O–H groups in total. The summed E-state index contributed by atoms with van der Waals surface area (Å²) in [6.07, 6.45) is 0. The van der Waals surface area contributed by atoms with E-state index in [4.69, 9.17) is 16.3 Å². The molecule has 0 saturated heterocycles. The van der Waals surface area contributed by atoms with Crippen LogP contribution in [-0.2, 0) is 6.54 Å². The summed E-state index contributed by atoms with van der Waals surface area (Å²) in [6.45, 7) is 0.459. The molecule has 4 aromatic rings. The second-order valence-electron chi connectivity index (χ2n) is 7.96. The van der Waals surface area contributed by atoms with Crippen LogP contribution >= 0.6 is 11.6 Å². The highest BCUT2D eigenvalue weighted by Gasteiger charge is 2.28. The SMILES string of the molecule is COc1ccccc1-c1ccc(C(=O)N2Cc3ccccc3N(C)c3ccccc32)c(Cl)c1. The Morgan fingerprint density at radius 2 is 1.52 bits per heavy atom. The highest BCUT2D eigenvalue weighted by Crippen LogP contribution is 2.41. The molecule has 164 valence electrons. The van der Waals surface area contributed by atoms with Crippen molar-refractivity contribution in [2.45, 2.75) is 6.54 Å². The van der Waals surface area contributed by atoms with Crippen molar-refractivity contribution in [3.63, 3.8) is 0 Å². The normalized spacial score (nSPS) is 12.6. The van der Waals surface area contributed by atoms with Gasteiger partial charge in [-0.3, -0.25) is 4.79 Å². The van der Waals surface area contributed by atoms with Gasteiger partial charge in [0.25, 0.3) is 5.91 Å². The largest absolute Gasteiger partial charge is 0.496 e. The third kappa shape index (κ3) is 3.73. The fraction of sp³-hybridized carbons (Fsp3) is 0.107. The molecule has 1 aliphatic rings. The second kappa shape index (κ2) is 8.64. The lowest BCUT2D eigenvalue weighted by molar-refractivity contribution is 0.0985. The minimum Gasteiger partial charge on any atom is -0.496 e. The Balaban J connectivity index is 1.57. The number of ether oxygens (including phenoxy) is 1. The molecule has 33 heavy (non-hydrogen) atoms. The molecule has 0 aliphatic carbocycles. The maximum atomic E-state index is 13.8. The third-order valence-electron chi connectivity index (χ3n) is 6.08. The number of carbonyl (C=O) groups excluding carboxylic acids is 1. The number of benzene rings is 4. The number of anilines is 3. The molecule has 1 heterocycles. The van der Waals surface area contributed by atoms with E-state index in [1.807, 2.05) is 84.7 Å². The Bertz CT molecular complexity index is 1350. The Morgan fingerprint density at radius 1 is 0.848 bits per heavy atom. The number of fused-ring (bicyclic) bond motifs is 2. The smallest absolute Gasteiger partial charge is 0.260 e. The molecule has 4 aromatic carbocycles. The number of halogens is 1. The van der Waals surface area contributed by atoms with Crippen molar-refractivity contribution in [1.82, 2.24) is 0 Å². The van der Waals surface area contributed by atoms with E-state index >= 15 is 0 Å². The van der Waals surface area contributed by atoms with Crippen molar-refractivity contribution < 1.29 is 9.53 Å². The summed E-state index contributed by atoms with van der Waals surface area (Å²) in [5.41, 5.74) is 6.27. The number of carbonyl (C=O) groups is 1. The Kier molecular flexibility index (Phi) is 5.53. The van der Waals surface area contributed by atoms with Crippen molar-refractivity contribution in [3.8, 4) is 16.9 Å². The molecule has 0 fully saturated rings. The molecule has 0 atom stereocenters. The van der Waals surface area contributed by atoms with Crippen LogP contribution in [0.25, 0.3) is 11.1 Å². The lowest BCUT2D eigenvalue weighted by Gasteiger charge is -2.25. The van der Waals surface area contributed by atoms with E-state index in [9.17, 15) is 4.79 Å². The minimum atomic E-state index is -0.135. The first-order valence-corrected chi connectivity index (χ1v) is 11.1. The van der Waals surface area contributed by atoms with Gasteiger partial charge in [0, 0.05) is 18.3 Å². The monoisotopic (exact) mass is 454 g/mol. The number of nitrogens with zero attached hydrogens (tertiary/aromatic N) is 2. The molecule has 5 heteroatoms. The van der Waals surface area contributed by atoms with Crippen LogP contribution < -0.4 is 14.5 Å². The molecule has 5 rings (SSSR count). The third-order valence-corrected chi connectivity index (χ3v) is 6.39. The van der Waals surface area contributed by atoms with Gasteiger partial charge in [-0.25, -0.2) is 0 Å². The summed E-state index contributed by atoms with van der Waals surface area (Å²) in [5.74, 6) is 0.623. The van der Waals surface area contributed by atoms with Crippen molar-refractivity contribution >= 4 is 34.6 Å². The number of hydrogen-bond donors (Lipinski definition) is 0. The quantitative estimate of drug-likeness (QED) is 0.336. The first-order valence-electron chi connectivity index (χ1n) is 10.7. The van der Waals surface area contributed by atoms with E-state index in [0.717, 1.165) is 39.5 Å². The van der Waals surface area contributed by atoms with E-state index in [2.05, 4.69) is 17.0 Å². The van der Waals surface area contributed by atoms with E-state index in [1.165, 1.54) is 0 Å². The number of amides is 1. The number of para-hydroxylation sites is 4. The first kappa shape index (κ1) is 21.1. The zero-order valence-electron chi connectivity index (χ0n) is 18.5. The highest BCUT2D eigenvalue weighted by molar-refractivity contribution is 6.35. The number of rotatable bonds is 3. The number of methoxy groups -OCH3 is 1. The molecule has 0 radical (unpaired) electrons. The molecule has 0 unspecified atom stereocenters. The van der Waals surface area contributed by atoms with Crippen LogP contribution in [0.1, 0.15) is 15.9 Å². The van der Waals surface area contributed by atoms with Crippen molar-refractivity contribution in [3.05, 3.63) is 107 Å². The lowest BCUT2D eigenvalue weighted by atomic mass is 10.0. The van der Waals surface area contributed by atoms with Gasteiger partial charge in [-0.2, -0.15) is 0 Å². The summed E-state index contributed by atoms with van der Waals surface area (Å²) in [4.78, 5) is 17.8. The predicted molar refractivity (Wildman–Crippen MR) is 135 cm³/mol. The Labute approximate surface area is 198 Å². The van der Waals surface area contributed by atoms with E-state index < -0.39 is 0 Å². The minimum absolute atomic E-state index is 0.135. The molecule has 1 amide bonds. The fourth-order valence-corrected chi connectivity index (χ4v) is 4.66. The lowest BCUT2D eigenvalue weighted by Crippen LogP contribution is -2.30. The summed E-state index contributed by atoms with van der Waals surface area (Å²) < 4.78 is 5.49. The Hall–Kier alpha value is -3.76. The van der Waals surface area contributed by atoms with Gasteiger partial charge < -0.3 is 14.5 Å². The molecule has 1 aliphatic heterocycles. The highest BCUT2D eigenvalue weighted by atomic mass is 35.5. The van der Waals surface area contributed by atoms with Crippen LogP contribution in [0.5, 0.6) is 5.75 Å². The topological polar surface area (TPSA) is 32.8 Å². The maximum Gasteiger partial charge on any atom is 0.260 e. The molecule has 0 bridgehead atoms. The fourth-order valence-electron chi connectivity index (χ4n) is 4.40. The van der Waals surface area contributed by atoms with Crippen LogP contribution in [0.3, 0.4) is 0 Å². The average molecular weight is 455 g/mol. The maximum absolute atomic E-state index is 13.8. The van der Waals surface area contributed by atoms with E-state index in [0.29, 0.717) is 17.1 Å². The summed E-state index contributed by atoms with van der Waals surface area (Å²) in [5, 5.41) is 0.409. The van der Waals surface area contributed by atoms with E-state index in [1.54, 1.807) is 13.2 Å². The van der Waals surface area contributed by atoms with Gasteiger partial charge in [0.05, 0.1) is 35.6 Å². The molecule has 0 saturated carbocycles. The van der Waals surface area contributed by atoms with Crippen LogP contribution in [0.4, 0.5) is 17.1 Å². The predicted octanol–water partition coefficient (Wildman–Crippen LogP) is 6.94. The van der Waals surface area contributed by atoms with Crippen LogP contribution in [0, 0.1) is 0 Å². The van der Waals surface area contributed by atoms with Crippen molar-refractivity contribution in [2.75, 3.05) is 24.0 Å². The van der Waals surface area contributed by atoms with Gasteiger partial charge in [0.15, 0.2) is 0 Å². The van der Waals surface area contributed by atoms with Crippen molar-refractivity contribution in [1.29, 1.82) is 0 Å². The van der Waals surface area contributed by atoms with Gasteiger partial charge >= 0.3 is 0 Å². The summed E-state index contributed by atoms with van der Waals surface area (Å²) in [7, 11) is 3.67. The molecular weight excluding hydrogens is 432 g/mol. The van der Waals surface area contributed by atoms with Crippen molar-refractivity contribution in [2.24, 2.45) is 0 Å². The zero-order valence-corrected chi connectivity index (χ0v) is 19.2.